The molecule has 0 unspecified atom stereocenters. The minimum Gasteiger partial charge on any atom is -0.477 e. The monoisotopic (exact) mass is 235 g/mol. The van der Waals surface area contributed by atoms with E-state index in [1.54, 1.807) is 0 Å². The molecule has 0 atom stereocenters. The van der Waals surface area contributed by atoms with E-state index in [-0.39, 0.29) is 5.69 Å². The van der Waals surface area contributed by atoms with Crippen molar-refractivity contribution in [3.63, 3.8) is 0 Å². The lowest BCUT2D eigenvalue weighted by Crippen LogP contribution is -2.21. The fourth-order valence-corrected chi connectivity index (χ4v) is 1.53. The molecule has 0 aliphatic rings. The van der Waals surface area contributed by atoms with E-state index in [1.165, 1.54) is 16.8 Å². The molecule has 0 aromatic carbocycles. The van der Waals surface area contributed by atoms with Crippen molar-refractivity contribution in [2.24, 2.45) is 0 Å². The molecule has 1 heterocycles. The summed E-state index contributed by atoms with van der Waals surface area (Å²) in [7, 11) is 3.85. The number of nitrogens with zero attached hydrogens (tertiary/aromatic N) is 3. The molecule has 0 spiro atoms. The predicted molar refractivity (Wildman–Crippen MR) is 67.9 cm³/mol. The van der Waals surface area contributed by atoms with Crippen molar-refractivity contribution in [1.82, 2.24) is 14.7 Å². The Morgan fingerprint density at radius 1 is 1.47 bits per heavy atom. The number of carboxylic acids is 1. The predicted octanol–water partition coefficient (Wildman–Crippen LogP) is 1.43. The van der Waals surface area contributed by atoms with Crippen molar-refractivity contribution in [2.75, 3.05) is 20.6 Å². The second-order valence-corrected chi connectivity index (χ2v) is 3.89. The van der Waals surface area contributed by atoms with Crippen LogP contribution in [0.2, 0.25) is 0 Å². The largest absolute Gasteiger partial charge is 0.477 e. The van der Waals surface area contributed by atoms with Crippen LogP contribution in [0.15, 0.2) is 13.2 Å². The second kappa shape index (κ2) is 5.45. The molecule has 0 aliphatic carbocycles. The Kier molecular flexibility index (Phi) is 4.23. The zero-order valence-corrected chi connectivity index (χ0v) is 10.2. The number of likely N-dealkylation sites (N-methyl/N-ethyl adjacent to an activating group) is 1. The van der Waals surface area contributed by atoms with E-state index in [1.807, 2.05) is 19.0 Å². The lowest BCUT2D eigenvalue weighted by molar-refractivity contribution is 0.0682. The number of aromatic nitrogens is 2. The van der Waals surface area contributed by atoms with E-state index in [0.717, 1.165) is 6.54 Å². The van der Waals surface area contributed by atoms with Gasteiger partial charge in [-0.3, -0.25) is 4.68 Å². The maximum atomic E-state index is 11.2. The summed E-state index contributed by atoms with van der Waals surface area (Å²) in [5.41, 5.74) is 1.24. The van der Waals surface area contributed by atoms with Crippen LogP contribution in [0.1, 0.15) is 21.7 Å². The number of hydrogen-bond donors (Lipinski definition) is 1. The number of rotatable bonds is 6. The van der Waals surface area contributed by atoms with Crippen molar-refractivity contribution in [1.29, 1.82) is 0 Å². The average molecular weight is 235 g/mol. The van der Waals surface area contributed by atoms with Gasteiger partial charge in [-0.2, -0.15) is 5.10 Å². The van der Waals surface area contributed by atoms with E-state index in [9.17, 15) is 9.90 Å². The molecule has 92 valence electrons. The standard InChI is InChI=1S/C12H17N3O2/c1-5-9-10(6-2)13-15(8-7-14(3)4)11(9)12(16)17/h5-6H,1-2,7-8H2,3-4H3,(H,16,17). The van der Waals surface area contributed by atoms with Crippen LogP contribution in [0, 0.1) is 0 Å². The smallest absolute Gasteiger partial charge is 0.354 e. The molecule has 0 bridgehead atoms. The van der Waals surface area contributed by atoms with Crippen molar-refractivity contribution in [3.05, 3.63) is 30.1 Å². The first-order chi connectivity index (χ1) is 8.01. The highest BCUT2D eigenvalue weighted by Gasteiger charge is 2.19. The van der Waals surface area contributed by atoms with E-state index in [2.05, 4.69) is 18.3 Å². The topological polar surface area (TPSA) is 58.4 Å². The highest BCUT2D eigenvalue weighted by Crippen LogP contribution is 2.17. The van der Waals surface area contributed by atoms with E-state index in [4.69, 9.17) is 0 Å². The normalized spacial score (nSPS) is 10.5. The van der Waals surface area contributed by atoms with Gasteiger partial charge < -0.3 is 10.0 Å². The molecule has 0 amide bonds. The Labute approximate surface area is 101 Å². The minimum absolute atomic E-state index is 0.164. The third-order valence-corrected chi connectivity index (χ3v) is 2.38. The molecule has 1 aromatic rings. The van der Waals surface area contributed by atoms with Gasteiger partial charge in [0, 0.05) is 12.1 Å². The average Bonchev–Trinajstić information content (AvgIpc) is 2.63. The van der Waals surface area contributed by atoms with E-state index >= 15 is 0 Å². The molecule has 1 rings (SSSR count). The molecule has 5 heteroatoms. The summed E-state index contributed by atoms with van der Waals surface area (Å²) in [4.78, 5) is 13.2. The Morgan fingerprint density at radius 3 is 2.53 bits per heavy atom. The Morgan fingerprint density at radius 2 is 2.12 bits per heavy atom. The van der Waals surface area contributed by atoms with Gasteiger partial charge in [-0.1, -0.05) is 19.2 Å². The summed E-state index contributed by atoms with van der Waals surface area (Å²) in [5, 5.41) is 13.4. The van der Waals surface area contributed by atoms with Crippen LogP contribution < -0.4 is 0 Å². The molecule has 1 N–H and O–H groups in total. The molecule has 5 nitrogen and oxygen atoms in total. The number of aromatic carboxylic acids is 1. The highest BCUT2D eigenvalue weighted by molar-refractivity contribution is 5.91. The van der Waals surface area contributed by atoms with E-state index < -0.39 is 5.97 Å². The molecule has 0 saturated heterocycles. The van der Waals surface area contributed by atoms with Gasteiger partial charge in [0.1, 0.15) is 0 Å². The molecule has 0 aliphatic heterocycles. The van der Waals surface area contributed by atoms with Crippen molar-refractivity contribution in [2.45, 2.75) is 6.54 Å². The van der Waals surface area contributed by atoms with Gasteiger partial charge in [-0.05, 0) is 20.2 Å². The van der Waals surface area contributed by atoms with Crippen LogP contribution in [0.5, 0.6) is 0 Å². The summed E-state index contributed by atoms with van der Waals surface area (Å²) in [5.74, 6) is -1.00. The first kappa shape index (κ1) is 13.2. The van der Waals surface area contributed by atoms with Crippen molar-refractivity contribution >= 4 is 18.1 Å². The maximum Gasteiger partial charge on any atom is 0.354 e. The summed E-state index contributed by atoms with van der Waals surface area (Å²) >= 11 is 0. The van der Waals surface area contributed by atoms with Gasteiger partial charge in [0.15, 0.2) is 5.69 Å². The SMILES string of the molecule is C=Cc1nn(CCN(C)C)c(C(=O)O)c1C=C. The van der Waals surface area contributed by atoms with Crippen molar-refractivity contribution in [3.8, 4) is 0 Å². The van der Waals surface area contributed by atoms with Crippen LogP contribution in [0.4, 0.5) is 0 Å². The third-order valence-electron chi connectivity index (χ3n) is 2.38. The Hall–Kier alpha value is -1.88. The van der Waals surface area contributed by atoms with Gasteiger partial charge in [0.25, 0.3) is 0 Å². The Bertz CT molecular complexity index is 447. The van der Waals surface area contributed by atoms with E-state index in [0.29, 0.717) is 17.8 Å². The van der Waals surface area contributed by atoms with Crippen molar-refractivity contribution < 1.29 is 9.90 Å². The van der Waals surface area contributed by atoms with Crippen LogP contribution in [-0.4, -0.2) is 46.4 Å². The van der Waals surface area contributed by atoms with Gasteiger partial charge in [0.05, 0.1) is 12.2 Å². The third kappa shape index (κ3) is 2.82. The first-order valence-corrected chi connectivity index (χ1v) is 5.25. The van der Waals surface area contributed by atoms with Gasteiger partial charge in [0.2, 0.25) is 0 Å². The van der Waals surface area contributed by atoms with Gasteiger partial charge in [-0.25, -0.2) is 4.79 Å². The zero-order chi connectivity index (χ0) is 13.0. The Balaban J connectivity index is 3.19. The highest BCUT2D eigenvalue weighted by atomic mass is 16.4. The van der Waals surface area contributed by atoms with Gasteiger partial charge >= 0.3 is 5.97 Å². The van der Waals surface area contributed by atoms with Crippen LogP contribution in [0.25, 0.3) is 12.2 Å². The fraction of sp³-hybridized carbons (Fsp3) is 0.333. The molecule has 0 radical (unpaired) electrons. The summed E-state index contributed by atoms with van der Waals surface area (Å²) in [6.07, 6.45) is 3.04. The molecule has 0 saturated carbocycles. The quantitative estimate of drug-likeness (QED) is 0.810. The van der Waals surface area contributed by atoms with Gasteiger partial charge in [-0.15, -0.1) is 0 Å². The minimum atomic E-state index is -1.00. The lowest BCUT2D eigenvalue weighted by Gasteiger charge is -2.10. The second-order valence-electron chi connectivity index (χ2n) is 3.89. The molecule has 1 aromatic heterocycles. The number of carbonyl (C=O) groups is 1. The number of carboxylic acid groups (broad SMARTS) is 1. The summed E-state index contributed by atoms with van der Waals surface area (Å²) < 4.78 is 1.48. The molecule has 17 heavy (non-hydrogen) atoms. The lowest BCUT2D eigenvalue weighted by atomic mass is 10.1. The maximum absolute atomic E-state index is 11.2. The first-order valence-electron chi connectivity index (χ1n) is 5.25. The van der Waals surface area contributed by atoms with Crippen LogP contribution in [-0.2, 0) is 6.54 Å². The number of hydrogen-bond acceptors (Lipinski definition) is 3. The molecular weight excluding hydrogens is 218 g/mol. The van der Waals surface area contributed by atoms with Crippen LogP contribution in [0.3, 0.4) is 0 Å². The molecule has 0 fully saturated rings. The summed E-state index contributed by atoms with van der Waals surface area (Å²) in [6, 6.07) is 0. The zero-order valence-electron chi connectivity index (χ0n) is 10.2. The van der Waals surface area contributed by atoms with Crippen LogP contribution >= 0.6 is 0 Å². The fourth-order valence-electron chi connectivity index (χ4n) is 1.53. The summed E-state index contributed by atoms with van der Waals surface area (Å²) in [6.45, 7) is 8.47. The molecular formula is C12H17N3O2.